The van der Waals surface area contributed by atoms with Crippen molar-refractivity contribution >= 4 is 29.3 Å². The maximum absolute atomic E-state index is 12.3. The lowest BCUT2D eigenvalue weighted by Crippen LogP contribution is -2.32. The predicted octanol–water partition coefficient (Wildman–Crippen LogP) is 2.72. The Hall–Kier alpha value is -1.62. The minimum absolute atomic E-state index is 0.0503. The molecular weight excluding hydrogens is 262 g/mol. The molecule has 0 saturated heterocycles. The van der Waals surface area contributed by atoms with Crippen LogP contribution in [-0.2, 0) is 4.79 Å². The van der Waals surface area contributed by atoms with E-state index in [9.17, 15) is 9.59 Å². The molecule has 1 heterocycles. The Morgan fingerprint density at radius 1 is 1.47 bits per heavy atom. The molecule has 102 valence electrons. The van der Waals surface area contributed by atoms with Gasteiger partial charge in [-0.2, -0.15) is 0 Å². The van der Waals surface area contributed by atoms with Crippen LogP contribution in [0.4, 0.5) is 0 Å². The molecule has 1 aromatic heterocycles. The van der Waals surface area contributed by atoms with Gasteiger partial charge < -0.3 is 10.0 Å². The Morgan fingerprint density at radius 3 is 2.79 bits per heavy atom. The van der Waals surface area contributed by atoms with Gasteiger partial charge in [-0.1, -0.05) is 0 Å². The Balaban J connectivity index is 2.03. The zero-order chi connectivity index (χ0) is 13.8. The van der Waals surface area contributed by atoms with Crippen molar-refractivity contribution in [2.24, 2.45) is 5.92 Å². The predicted molar refractivity (Wildman–Crippen MR) is 75.3 cm³/mol. The highest BCUT2D eigenvalue weighted by molar-refractivity contribution is 7.14. The van der Waals surface area contributed by atoms with E-state index in [0.717, 1.165) is 17.5 Å². The molecule has 1 fully saturated rings. The van der Waals surface area contributed by atoms with Gasteiger partial charge in [-0.25, -0.2) is 4.79 Å². The zero-order valence-corrected chi connectivity index (χ0v) is 11.7. The molecule has 0 unspecified atom stereocenters. The van der Waals surface area contributed by atoms with Crippen molar-refractivity contribution in [2.45, 2.75) is 19.8 Å². The summed E-state index contributed by atoms with van der Waals surface area (Å²) in [5.74, 6) is -0.255. The van der Waals surface area contributed by atoms with Gasteiger partial charge in [0.1, 0.15) is 0 Å². The maximum Gasteiger partial charge on any atom is 0.328 e. The van der Waals surface area contributed by atoms with Crippen molar-refractivity contribution in [1.82, 2.24) is 4.90 Å². The first-order chi connectivity index (χ1) is 9.10. The van der Waals surface area contributed by atoms with E-state index in [2.05, 4.69) is 0 Å². The Bertz CT molecular complexity index is 503. The van der Waals surface area contributed by atoms with Crippen LogP contribution < -0.4 is 0 Å². The average molecular weight is 279 g/mol. The first-order valence-electron chi connectivity index (χ1n) is 6.40. The second-order valence-corrected chi connectivity index (χ2v) is 5.78. The highest BCUT2D eigenvalue weighted by atomic mass is 32.1. The van der Waals surface area contributed by atoms with E-state index >= 15 is 0 Å². The molecule has 2 rings (SSSR count). The number of rotatable bonds is 6. The monoisotopic (exact) mass is 279 g/mol. The first kappa shape index (κ1) is 13.8. The van der Waals surface area contributed by atoms with E-state index in [1.165, 1.54) is 30.3 Å². The van der Waals surface area contributed by atoms with E-state index in [-0.39, 0.29) is 5.91 Å². The number of carboxylic acids is 1. The molecule has 0 radical (unpaired) electrons. The summed E-state index contributed by atoms with van der Waals surface area (Å²) in [6.07, 6.45) is 5.05. The molecule has 1 aromatic rings. The fourth-order valence-corrected chi connectivity index (χ4v) is 2.71. The number of amides is 1. The number of hydrogen-bond donors (Lipinski definition) is 1. The van der Waals surface area contributed by atoms with Crippen LogP contribution in [0.5, 0.6) is 0 Å². The third-order valence-corrected chi connectivity index (χ3v) is 4.11. The summed E-state index contributed by atoms with van der Waals surface area (Å²) in [6.45, 7) is 3.54. The van der Waals surface area contributed by atoms with Crippen molar-refractivity contribution < 1.29 is 14.7 Å². The van der Waals surface area contributed by atoms with Crippen LogP contribution in [0.3, 0.4) is 0 Å². The molecule has 1 saturated carbocycles. The number of carbonyl (C=O) groups is 2. The minimum Gasteiger partial charge on any atom is -0.478 e. The molecule has 0 aliphatic heterocycles. The fraction of sp³-hybridized carbons (Fsp3) is 0.429. The number of carbonyl (C=O) groups excluding carboxylic acids is 1. The summed E-state index contributed by atoms with van der Waals surface area (Å²) in [5.41, 5.74) is 0. The van der Waals surface area contributed by atoms with E-state index < -0.39 is 5.97 Å². The van der Waals surface area contributed by atoms with Gasteiger partial charge in [0.25, 0.3) is 5.91 Å². The third kappa shape index (κ3) is 3.92. The van der Waals surface area contributed by atoms with Crippen LogP contribution in [0.2, 0.25) is 0 Å². The van der Waals surface area contributed by atoms with Gasteiger partial charge in [-0.15, -0.1) is 11.3 Å². The van der Waals surface area contributed by atoms with Crippen molar-refractivity contribution in [1.29, 1.82) is 0 Å². The van der Waals surface area contributed by atoms with Crippen LogP contribution >= 0.6 is 11.3 Å². The lowest BCUT2D eigenvalue weighted by Gasteiger charge is -2.19. The lowest BCUT2D eigenvalue weighted by atomic mass is 10.3. The quantitative estimate of drug-likeness (QED) is 0.815. The van der Waals surface area contributed by atoms with Crippen LogP contribution in [0.15, 0.2) is 18.2 Å². The molecule has 1 N–H and O–H groups in total. The average Bonchev–Trinajstić information content (AvgIpc) is 3.08. The Kier molecular flexibility index (Phi) is 4.37. The van der Waals surface area contributed by atoms with Crippen LogP contribution in [0.25, 0.3) is 6.08 Å². The molecule has 19 heavy (non-hydrogen) atoms. The van der Waals surface area contributed by atoms with Gasteiger partial charge in [0.2, 0.25) is 0 Å². The smallest absolute Gasteiger partial charge is 0.328 e. The summed E-state index contributed by atoms with van der Waals surface area (Å²) >= 11 is 1.33. The second-order valence-electron chi connectivity index (χ2n) is 4.66. The van der Waals surface area contributed by atoms with Gasteiger partial charge in [-0.3, -0.25) is 4.79 Å². The van der Waals surface area contributed by atoms with Gasteiger partial charge in [0.05, 0.1) is 4.88 Å². The van der Waals surface area contributed by atoms with E-state index in [0.29, 0.717) is 17.3 Å². The maximum atomic E-state index is 12.3. The standard InChI is InChI=1S/C14H17NO3S/c1-2-15(9-10-3-4-10)14(18)12-7-5-11(19-12)6-8-13(16)17/h5-8,10H,2-4,9H2,1H3,(H,16,17). The molecule has 0 aromatic carbocycles. The molecule has 5 heteroatoms. The summed E-state index contributed by atoms with van der Waals surface area (Å²) in [5, 5.41) is 8.57. The number of thiophene rings is 1. The van der Waals surface area contributed by atoms with Gasteiger partial charge in [-0.05, 0) is 43.9 Å². The topological polar surface area (TPSA) is 57.6 Å². The first-order valence-corrected chi connectivity index (χ1v) is 7.22. The highest BCUT2D eigenvalue weighted by Crippen LogP contribution is 2.30. The highest BCUT2D eigenvalue weighted by Gasteiger charge is 2.26. The van der Waals surface area contributed by atoms with Gasteiger partial charge in [0, 0.05) is 24.0 Å². The van der Waals surface area contributed by atoms with Crippen LogP contribution in [0.1, 0.15) is 34.3 Å². The van der Waals surface area contributed by atoms with Crippen molar-refractivity contribution in [3.05, 3.63) is 28.0 Å². The van der Waals surface area contributed by atoms with E-state index in [1.54, 1.807) is 12.1 Å². The summed E-state index contributed by atoms with van der Waals surface area (Å²) in [6, 6.07) is 3.55. The van der Waals surface area contributed by atoms with E-state index in [4.69, 9.17) is 5.11 Å². The molecule has 0 atom stereocenters. The Labute approximate surface area is 116 Å². The van der Waals surface area contributed by atoms with Crippen LogP contribution in [0, 0.1) is 5.92 Å². The summed E-state index contributed by atoms with van der Waals surface area (Å²) in [7, 11) is 0. The summed E-state index contributed by atoms with van der Waals surface area (Å²) < 4.78 is 0. The number of nitrogens with zero attached hydrogens (tertiary/aromatic N) is 1. The molecule has 1 aliphatic carbocycles. The second kappa shape index (κ2) is 6.02. The molecular formula is C14H17NO3S. The molecule has 1 amide bonds. The lowest BCUT2D eigenvalue weighted by molar-refractivity contribution is -0.131. The minimum atomic E-state index is -0.981. The molecule has 0 bridgehead atoms. The van der Waals surface area contributed by atoms with Crippen molar-refractivity contribution in [3.63, 3.8) is 0 Å². The number of carboxylic acid groups (broad SMARTS) is 1. The van der Waals surface area contributed by atoms with Crippen molar-refractivity contribution in [3.8, 4) is 0 Å². The number of aliphatic carboxylic acids is 1. The van der Waals surface area contributed by atoms with Crippen molar-refractivity contribution in [2.75, 3.05) is 13.1 Å². The van der Waals surface area contributed by atoms with Crippen LogP contribution in [-0.4, -0.2) is 35.0 Å². The third-order valence-electron chi connectivity index (χ3n) is 3.07. The largest absolute Gasteiger partial charge is 0.478 e. The number of hydrogen-bond acceptors (Lipinski definition) is 3. The Morgan fingerprint density at radius 2 is 2.21 bits per heavy atom. The van der Waals surface area contributed by atoms with E-state index in [1.807, 2.05) is 11.8 Å². The molecule has 1 aliphatic rings. The fourth-order valence-electron chi connectivity index (χ4n) is 1.83. The molecule has 0 spiro atoms. The zero-order valence-electron chi connectivity index (χ0n) is 10.8. The normalized spacial score (nSPS) is 14.8. The summed E-state index contributed by atoms with van der Waals surface area (Å²) in [4.78, 5) is 26.1. The van der Waals surface area contributed by atoms with Gasteiger partial charge >= 0.3 is 5.97 Å². The molecule has 4 nitrogen and oxygen atoms in total. The SMILES string of the molecule is CCN(CC1CC1)C(=O)c1ccc(C=CC(=O)O)s1. The van der Waals surface area contributed by atoms with Gasteiger partial charge in [0.15, 0.2) is 0 Å².